The summed E-state index contributed by atoms with van der Waals surface area (Å²) >= 11 is 6.04. The molecule has 0 fully saturated rings. The lowest BCUT2D eigenvalue weighted by Gasteiger charge is -2.30. The summed E-state index contributed by atoms with van der Waals surface area (Å²) in [5.41, 5.74) is -2.04. The molecule has 0 bridgehead atoms. The lowest BCUT2D eigenvalue weighted by atomic mass is 9.88. The molecule has 0 aromatic carbocycles. The molecule has 0 saturated carbocycles. The molecule has 0 aromatic heterocycles. The van der Waals surface area contributed by atoms with Gasteiger partial charge in [0, 0.05) is 17.7 Å². The number of alkyl halides is 11. The smallest absolute Gasteiger partial charge is 0.236 e. The number of thiol groups is 1. The SMILES string of the molecule is CC(F)(F)CC(F)(F)CC(F)(F)CC(CC(CBr)C(F)S)C(F)(F)F. The van der Waals surface area contributed by atoms with Crippen molar-refractivity contribution in [2.45, 2.75) is 62.1 Å². The zero-order chi connectivity index (χ0) is 20.3. The molecule has 3 unspecified atom stereocenters. The minimum atomic E-state index is -5.20. The molecule has 0 rings (SSSR count). The predicted octanol–water partition coefficient (Wildman–Crippen LogP) is 6.89. The molecular weight excluding hydrogens is 458 g/mol. The van der Waals surface area contributed by atoms with Crippen LogP contribution in [0.25, 0.3) is 0 Å². The first kappa shape index (κ1) is 25.1. The lowest BCUT2D eigenvalue weighted by Crippen LogP contribution is -2.38. The monoisotopic (exact) mass is 474 g/mol. The first-order chi connectivity index (χ1) is 10.9. The Kier molecular flexibility index (Phi) is 8.93. The van der Waals surface area contributed by atoms with Gasteiger partial charge >= 0.3 is 6.18 Å². The van der Waals surface area contributed by atoms with Gasteiger partial charge in [-0.3, -0.25) is 0 Å². The van der Waals surface area contributed by atoms with Crippen LogP contribution >= 0.6 is 28.6 Å². The Balaban J connectivity index is 5.20. The third kappa shape index (κ3) is 10.8. The van der Waals surface area contributed by atoms with Crippen molar-refractivity contribution in [2.75, 3.05) is 5.33 Å². The van der Waals surface area contributed by atoms with Crippen LogP contribution in [0.4, 0.5) is 43.9 Å². The second-order valence-corrected chi connectivity index (χ2v) is 7.24. The molecular formula is C13H17BrF10S. The third-order valence-electron chi connectivity index (χ3n) is 3.27. The van der Waals surface area contributed by atoms with Gasteiger partial charge in [-0.25, -0.2) is 30.7 Å². The van der Waals surface area contributed by atoms with Crippen LogP contribution in [0.1, 0.15) is 32.6 Å². The van der Waals surface area contributed by atoms with Crippen LogP contribution in [0.15, 0.2) is 0 Å². The third-order valence-corrected chi connectivity index (χ3v) is 4.52. The second-order valence-electron chi connectivity index (χ2n) is 6.10. The minimum Gasteiger partial charge on any atom is -0.236 e. The van der Waals surface area contributed by atoms with Gasteiger partial charge in [0.1, 0.15) is 5.50 Å². The number of hydrogen-bond donors (Lipinski definition) is 1. The largest absolute Gasteiger partial charge is 0.392 e. The maximum Gasteiger partial charge on any atom is 0.392 e. The molecule has 0 nitrogen and oxygen atoms in total. The predicted molar refractivity (Wildman–Crippen MR) is 79.7 cm³/mol. The Hall–Kier alpha value is 0.130. The fourth-order valence-electron chi connectivity index (χ4n) is 2.27. The van der Waals surface area contributed by atoms with Crippen molar-refractivity contribution in [3.05, 3.63) is 0 Å². The molecule has 0 aromatic rings. The van der Waals surface area contributed by atoms with Crippen molar-refractivity contribution in [3.8, 4) is 0 Å². The van der Waals surface area contributed by atoms with E-state index in [1.165, 1.54) is 0 Å². The molecule has 0 radical (unpaired) electrons. The summed E-state index contributed by atoms with van der Waals surface area (Å²) in [6, 6.07) is 0. The summed E-state index contributed by atoms with van der Waals surface area (Å²) in [6.07, 6.45) is -13.0. The molecule has 0 spiro atoms. The average molecular weight is 475 g/mol. The highest BCUT2D eigenvalue weighted by Crippen LogP contribution is 2.45. The van der Waals surface area contributed by atoms with E-state index in [2.05, 4.69) is 28.6 Å². The van der Waals surface area contributed by atoms with E-state index in [-0.39, 0.29) is 12.3 Å². The molecule has 0 heterocycles. The van der Waals surface area contributed by atoms with Crippen LogP contribution in [0, 0.1) is 11.8 Å². The molecule has 0 N–H and O–H groups in total. The quantitative estimate of drug-likeness (QED) is 0.199. The first-order valence-corrected chi connectivity index (χ1v) is 8.61. The number of halogens is 11. The first-order valence-electron chi connectivity index (χ1n) is 6.97. The van der Waals surface area contributed by atoms with Crippen molar-refractivity contribution in [3.63, 3.8) is 0 Å². The van der Waals surface area contributed by atoms with E-state index in [1.807, 2.05) is 0 Å². The molecule has 0 aliphatic rings. The molecule has 3 atom stereocenters. The van der Waals surface area contributed by atoms with Crippen LogP contribution in [0.2, 0.25) is 0 Å². The van der Waals surface area contributed by atoms with E-state index >= 15 is 0 Å². The Labute approximate surface area is 152 Å². The number of rotatable bonds is 10. The van der Waals surface area contributed by atoms with Crippen molar-refractivity contribution in [1.29, 1.82) is 0 Å². The highest BCUT2D eigenvalue weighted by Gasteiger charge is 2.52. The highest BCUT2D eigenvalue weighted by atomic mass is 79.9. The van der Waals surface area contributed by atoms with Gasteiger partial charge in [0.05, 0.1) is 18.8 Å². The van der Waals surface area contributed by atoms with Crippen LogP contribution in [-0.4, -0.2) is 34.8 Å². The van der Waals surface area contributed by atoms with Crippen molar-refractivity contribution >= 4 is 28.6 Å². The highest BCUT2D eigenvalue weighted by molar-refractivity contribution is 9.09. The summed E-state index contributed by atoms with van der Waals surface area (Å²) in [4.78, 5) is 0. The zero-order valence-corrected chi connectivity index (χ0v) is 15.4. The van der Waals surface area contributed by atoms with Crippen molar-refractivity contribution in [1.82, 2.24) is 0 Å². The lowest BCUT2D eigenvalue weighted by molar-refractivity contribution is -0.211. The zero-order valence-electron chi connectivity index (χ0n) is 12.9. The molecule has 0 amide bonds. The van der Waals surface area contributed by atoms with Gasteiger partial charge in [-0.15, -0.1) is 12.6 Å². The fourth-order valence-corrected chi connectivity index (χ4v) is 3.38. The Morgan fingerprint density at radius 2 is 1.36 bits per heavy atom. The van der Waals surface area contributed by atoms with Crippen molar-refractivity contribution < 1.29 is 43.9 Å². The van der Waals surface area contributed by atoms with Crippen LogP contribution in [-0.2, 0) is 0 Å². The number of hydrogen-bond acceptors (Lipinski definition) is 1. The molecule has 12 heteroatoms. The van der Waals surface area contributed by atoms with Gasteiger partial charge in [0.15, 0.2) is 0 Å². The maximum absolute atomic E-state index is 13.7. The summed E-state index contributed by atoms with van der Waals surface area (Å²) in [7, 11) is 0. The van der Waals surface area contributed by atoms with Crippen LogP contribution in [0.5, 0.6) is 0 Å². The summed E-state index contributed by atoms with van der Waals surface area (Å²) in [5.74, 6) is -17.2. The van der Waals surface area contributed by atoms with E-state index in [0.717, 1.165) is 0 Å². The molecule has 0 aliphatic carbocycles. The summed E-state index contributed by atoms with van der Waals surface area (Å²) in [6.45, 7) is 0.0895. The molecule has 0 saturated heterocycles. The Bertz CT molecular complexity index is 405. The van der Waals surface area contributed by atoms with Gasteiger partial charge in [-0.05, 0) is 13.3 Å². The Morgan fingerprint density at radius 1 is 0.880 bits per heavy atom. The van der Waals surface area contributed by atoms with E-state index in [0.29, 0.717) is 0 Å². The van der Waals surface area contributed by atoms with E-state index in [4.69, 9.17) is 0 Å². The summed E-state index contributed by atoms with van der Waals surface area (Å²) in [5, 5.41) is -0.311. The van der Waals surface area contributed by atoms with E-state index < -0.39 is 67.0 Å². The fraction of sp³-hybridized carbons (Fsp3) is 1.00. The topological polar surface area (TPSA) is 0 Å². The average Bonchev–Trinajstić information content (AvgIpc) is 2.27. The second kappa shape index (κ2) is 8.88. The van der Waals surface area contributed by atoms with Crippen LogP contribution < -0.4 is 0 Å². The van der Waals surface area contributed by atoms with Gasteiger partial charge in [-0.1, -0.05) is 15.9 Å². The summed E-state index contributed by atoms with van der Waals surface area (Å²) < 4.78 is 131. The van der Waals surface area contributed by atoms with E-state index in [9.17, 15) is 43.9 Å². The maximum atomic E-state index is 13.7. The van der Waals surface area contributed by atoms with Crippen molar-refractivity contribution in [2.24, 2.45) is 11.8 Å². The van der Waals surface area contributed by atoms with Crippen LogP contribution in [0.3, 0.4) is 0 Å². The molecule has 152 valence electrons. The molecule has 0 aliphatic heterocycles. The van der Waals surface area contributed by atoms with Gasteiger partial charge in [0.2, 0.25) is 0 Å². The van der Waals surface area contributed by atoms with Gasteiger partial charge < -0.3 is 0 Å². The minimum absolute atomic E-state index is 0.0895. The van der Waals surface area contributed by atoms with E-state index in [1.54, 1.807) is 0 Å². The Morgan fingerprint density at radius 3 is 1.68 bits per heavy atom. The van der Waals surface area contributed by atoms with Gasteiger partial charge in [-0.2, -0.15) is 13.2 Å². The normalized spacial score (nSPS) is 18.1. The standard InChI is InChI=1S/C13H17BrF10S/c1-10(16,17)5-12(20,21)6-11(18,19)3-8(13(22,23)24)2-7(4-14)9(15)25/h7-9,25H,2-6H2,1H3. The van der Waals surface area contributed by atoms with Gasteiger partial charge in [0.25, 0.3) is 17.8 Å². The molecule has 25 heavy (non-hydrogen) atoms.